The fourth-order valence-corrected chi connectivity index (χ4v) is 1.79. The summed E-state index contributed by atoms with van der Waals surface area (Å²) in [5.41, 5.74) is 3.96. The number of rotatable bonds is 7. The number of hydrogen-bond acceptors (Lipinski definition) is 2. The van der Waals surface area contributed by atoms with E-state index in [2.05, 4.69) is 12.3 Å². The van der Waals surface area contributed by atoms with Gasteiger partial charge in [0.25, 0.3) is 0 Å². The van der Waals surface area contributed by atoms with E-state index >= 15 is 0 Å². The van der Waals surface area contributed by atoms with E-state index < -0.39 is 0 Å². The quantitative estimate of drug-likeness (QED) is 0.424. The van der Waals surface area contributed by atoms with Gasteiger partial charge in [0.2, 0.25) is 0 Å². The zero-order valence-corrected chi connectivity index (χ0v) is 9.88. The summed E-state index contributed by atoms with van der Waals surface area (Å²) in [6, 6.07) is 6.92. The molecule has 0 fully saturated rings. The van der Waals surface area contributed by atoms with E-state index in [0.717, 1.165) is 18.4 Å². The molecular weight excluding hydrogens is 203 g/mol. The van der Waals surface area contributed by atoms with Crippen molar-refractivity contribution in [2.45, 2.75) is 45.1 Å². The highest BCUT2D eigenvalue weighted by Crippen LogP contribution is 2.10. The van der Waals surface area contributed by atoms with Crippen LogP contribution < -0.4 is 11.3 Å². The highest BCUT2D eigenvalue weighted by Gasteiger charge is 2.07. The van der Waals surface area contributed by atoms with Crippen molar-refractivity contribution in [1.82, 2.24) is 5.43 Å². The van der Waals surface area contributed by atoms with Crippen LogP contribution in [0.4, 0.5) is 4.39 Å². The van der Waals surface area contributed by atoms with Gasteiger partial charge in [0, 0.05) is 6.04 Å². The monoisotopic (exact) mass is 224 g/mol. The summed E-state index contributed by atoms with van der Waals surface area (Å²) in [4.78, 5) is 0. The minimum Gasteiger partial charge on any atom is -0.271 e. The summed E-state index contributed by atoms with van der Waals surface area (Å²) >= 11 is 0. The number of unbranched alkanes of at least 4 members (excludes halogenated alkanes) is 2. The molecule has 90 valence electrons. The predicted octanol–water partition coefficient (Wildman–Crippen LogP) is 2.78. The molecule has 1 atom stereocenters. The van der Waals surface area contributed by atoms with E-state index in [4.69, 9.17) is 5.84 Å². The lowest BCUT2D eigenvalue weighted by Gasteiger charge is -2.15. The summed E-state index contributed by atoms with van der Waals surface area (Å²) in [5, 5.41) is 0. The second-order valence-corrected chi connectivity index (χ2v) is 4.19. The van der Waals surface area contributed by atoms with Crippen LogP contribution in [0.5, 0.6) is 0 Å². The maximum absolute atomic E-state index is 12.7. The Labute approximate surface area is 97.0 Å². The minimum atomic E-state index is -0.188. The molecule has 1 aromatic carbocycles. The minimum absolute atomic E-state index is 0.188. The molecule has 0 aliphatic heterocycles. The highest BCUT2D eigenvalue weighted by molar-refractivity contribution is 5.17. The summed E-state index contributed by atoms with van der Waals surface area (Å²) in [5.74, 6) is 5.32. The molecule has 1 unspecified atom stereocenters. The van der Waals surface area contributed by atoms with Crippen molar-refractivity contribution in [2.75, 3.05) is 0 Å². The Kier molecular flexibility index (Phi) is 6.04. The molecule has 0 saturated heterocycles. The largest absolute Gasteiger partial charge is 0.271 e. The van der Waals surface area contributed by atoms with E-state index in [1.54, 1.807) is 0 Å². The van der Waals surface area contributed by atoms with Gasteiger partial charge < -0.3 is 0 Å². The lowest BCUT2D eigenvalue weighted by Crippen LogP contribution is -2.36. The molecule has 16 heavy (non-hydrogen) atoms. The van der Waals surface area contributed by atoms with Crippen molar-refractivity contribution in [3.8, 4) is 0 Å². The maximum Gasteiger partial charge on any atom is 0.123 e. The van der Waals surface area contributed by atoms with Crippen molar-refractivity contribution in [3.05, 3.63) is 35.6 Å². The Morgan fingerprint density at radius 2 is 1.94 bits per heavy atom. The van der Waals surface area contributed by atoms with Crippen molar-refractivity contribution in [3.63, 3.8) is 0 Å². The summed E-state index contributed by atoms with van der Waals surface area (Å²) < 4.78 is 12.7. The number of hydrazine groups is 1. The van der Waals surface area contributed by atoms with Gasteiger partial charge >= 0.3 is 0 Å². The molecule has 0 heterocycles. The van der Waals surface area contributed by atoms with Crippen molar-refractivity contribution in [1.29, 1.82) is 0 Å². The van der Waals surface area contributed by atoms with Gasteiger partial charge in [-0.3, -0.25) is 11.3 Å². The first kappa shape index (κ1) is 13.1. The van der Waals surface area contributed by atoms with E-state index in [0.29, 0.717) is 0 Å². The lowest BCUT2D eigenvalue weighted by atomic mass is 10.0. The van der Waals surface area contributed by atoms with Crippen LogP contribution in [0.15, 0.2) is 24.3 Å². The highest BCUT2D eigenvalue weighted by atomic mass is 19.1. The van der Waals surface area contributed by atoms with E-state index in [9.17, 15) is 4.39 Å². The van der Waals surface area contributed by atoms with Gasteiger partial charge in [0.15, 0.2) is 0 Å². The molecule has 0 spiro atoms. The topological polar surface area (TPSA) is 38.0 Å². The first-order valence-corrected chi connectivity index (χ1v) is 5.96. The van der Waals surface area contributed by atoms with Crippen molar-refractivity contribution in [2.24, 2.45) is 5.84 Å². The fraction of sp³-hybridized carbons (Fsp3) is 0.538. The van der Waals surface area contributed by atoms with E-state index in [-0.39, 0.29) is 11.9 Å². The van der Waals surface area contributed by atoms with E-state index in [1.165, 1.54) is 31.4 Å². The number of hydrogen-bond donors (Lipinski definition) is 2. The molecule has 0 aliphatic rings. The van der Waals surface area contributed by atoms with Crippen LogP contribution in [-0.4, -0.2) is 6.04 Å². The molecule has 3 heteroatoms. The SMILES string of the molecule is CCCCCC(Cc1ccc(F)cc1)NN. The molecule has 0 amide bonds. The van der Waals surface area contributed by atoms with Gasteiger partial charge in [-0.05, 0) is 30.5 Å². The van der Waals surface area contributed by atoms with Gasteiger partial charge in [0.05, 0.1) is 0 Å². The van der Waals surface area contributed by atoms with Crippen LogP contribution in [0.3, 0.4) is 0 Å². The molecule has 0 aromatic heterocycles. The second kappa shape index (κ2) is 7.36. The Bertz CT molecular complexity index is 284. The Morgan fingerprint density at radius 3 is 2.50 bits per heavy atom. The molecule has 1 aromatic rings. The number of benzene rings is 1. The van der Waals surface area contributed by atoms with Crippen LogP contribution in [0.2, 0.25) is 0 Å². The Morgan fingerprint density at radius 1 is 1.25 bits per heavy atom. The summed E-state index contributed by atoms with van der Waals surface area (Å²) in [6.45, 7) is 2.19. The zero-order valence-electron chi connectivity index (χ0n) is 9.88. The molecule has 3 N–H and O–H groups in total. The van der Waals surface area contributed by atoms with Gasteiger partial charge in [-0.1, -0.05) is 38.3 Å². The molecule has 0 radical (unpaired) electrons. The molecule has 0 bridgehead atoms. The molecule has 1 rings (SSSR count). The molecular formula is C13H21FN2. The first-order valence-electron chi connectivity index (χ1n) is 5.96. The van der Waals surface area contributed by atoms with Crippen LogP contribution in [0.1, 0.15) is 38.2 Å². The van der Waals surface area contributed by atoms with E-state index in [1.807, 2.05) is 12.1 Å². The van der Waals surface area contributed by atoms with Gasteiger partial charge in [-0.25, -0.2) is 4.39 Å². The first-order chi connectivity index (χ1) is 7.76. The molecule has 2 nitrogen and oxygen atoms in total. The standard InChI is InChI=1S/C13H21FN2/c1-2-3-4-5-13(16-15)10-11-6-8-12(14)9-7-11/h6-9,13,16H,2-5,10,15H2,1H3. The average Bonchev–Trinajstić information content (AvgIpc) is 2.31. The third-order valence-corrected chi connectivity index (χ3v) is 2.79. The molecule has 0 saturated carbocycles. The summed E-state index contributed by atoms with van der Waals surface area (Å²) in [7, 11) is 0. The third kappa shape index (κ3) is 4.73. The van der Waals surface area contributed by atoms with Gasteiger partial charge in [-0.15, -0.1) is 0 Å². The number of nitrogens with one attached hydrogen (secondary N) is 1. The fourth-order valence-electron chi connectivity index (χ4n) is 1.79. The molecule has 0 aliphatic carbocycles. The maximum atomic E-state index is 12.7. The normalized spacial score (nSPS) is 12.7. The van der Waals surface area contributed by atoms with Gasteiger partial charge in [0.1, 0.15) is 5.82 Å². The Balaban J connectivity index is 2.40. The predicted molar refractivity (Wildman–Crippen MR) is 65.4 cm³/mol. The van der Waals surface area contributed by atoms with Crippen LogP contribution >= 0.6 is 0 Å². The second-order valence-electron chi connectivity index (χ2n) is 4.19. The van der Waals surface area contributed by atoms with Crippen LogP contribution in [-0.2, 0) is 6.42 Å². The lowest BCUT2D eigenvalue weighted by molar-refractivity contribution is 0.466. The number of nitrogens with two attached hydrogens (primary N) is 1. The van der Waals surface area contributed by atoms with Gasteiger partial charge in [-0.2, -0.15) is 0 Å². The average molecular weight is 224 g/mol. The third-order valence-electron chi connectivity index (χ3n) is 2.79. The summed E-state index contributed by atoms with van der Waals surface area (Å²) in [6.07, 6.45) is 5.57. The van der Waals surface area contributed by atoms with Crippen molar-refractivity contribution < 1.29 is 4.39 Å². The van der Waals surface area contributed by atoms with Crippen LogP contribution in [0.25, 0.3) is 0 Å². The smallest absolute Gasteiger partial charge is 0.123 e. The Hall–Kier alpha value is -0.930. The van der Waals surface area contributed by atoms with Crippen molar-refractivity contribution >= 4 is 0 Å². The van der Waals surface area contributed by atoms with Crippen LogP contribution in [0, 0.1) is 5.82 Å². The number of halogens is 1. The zero-order chi connectivity index (χ0) is 11.8.